The average Bonchev–Trinajstić information content (AvgIpc) is 3.07. The highest BCUT2D eigenvalue weighted by atomic mass is 16.3. The first-order valence-electron chi connectivity index (χ1n) is 18.0. The highest BCUT2D eigenvalue weighted by molar-refractivity contribution is 6.00. The van der Waals surface area contributed by atoms with E-state index in [1.54, 1.807) is 12.1 Å². The predicted octanol–water partition coefficient (Wildman–Crippen LogP) is 7.32. The molecule has 0 fully saturated rings. The number of unbranched alkanes of at least 4 members (excludes halogenated alkanes) is 9. The zero-order valence-corrected chi connectivity index (χ0v) is 29.3. The van der Waals surface area contributed by atoms with Gasteiger partial charge in [-0.15, -0.1) is 0 Å². The Hall–Kier alpha value is -4.08. The van der Waals surface area contributed by atoms with Crippen molar-refractivity contribution in [3.63, 3.8) is 0 Å². The number of rotatable bonds is 22. The van der Waals surface area contributed by atoms with Crippen molar-refractivity contribution < 1.29 is 29.4 Å². The van der Waals surface area contributed by atoms with E-state index in [2.05, 4.69) is 42.5 Å². The summed E-state index contributed by atoms with van der Waals surface area (Å²) in [5.74, 6) is -2.37. The number of benzene rings is 2. The number of carbonyl (C=O) groups excluding carboxylic acids is 4. The predicted molar refractivity (Wildman–Crippen MR) is 189 cm³/mol. The van der Waals surface area contributed by atoms with Crippen molar-refractivity contribution in [2.45, 2.75) is 136 Å². The molecule has 48 heavy (non-hydrogen) atoms. The molecule has 0 radical (unpaired) electrons. The molecule has 0 saturated heterocycles. The normalized spacial score (nSPS) is 11.5. The number of aromatic hydroxyl groups is 2. The van der Waals surface area contributed by atoms with Crippen LogP contribution in [0.1, 0.15) is 155 Å². The second-order valence-electron chi connectivity index (χ2n) is 12.6. The van der Waals surface area contributed by atoms with Gasteiger partial charge in [0.2, 0.25) is 11.8 Å². The lowest BCUT2D eigenvalue weighted by atomic mass is 9.94. The van der Waals surface area contributed by atoms with Gasteiger partial charge in [-0.1, -0.05) is 109 Å². The quantitative estimate of drug-likeness (QED) is 0.0571. The smallest absolute Gasteiger partial charge is 0.273 e. The van der Waals surface area contributed by atoms with E-state index in [0.717, 1.165) is 81.8 Å². The van der Waals surface area contributed by atoms with E-state index in [4.69, 9.17) is 0 Å². The van der Waals surface area contributed by atoms with Crippen LogP contribution in [0.4, 0.5) is 0 Å². The number of hydrogen-bond donors (Lipinski definition) is 6. The molecule has 266 valence electrons. The van der Waals surface area contributed by atoms with Crippen molar-refractivity contribution in [1.29, 1.82) is 0 Å². The Morgan fingerprint density at radius 2 is 1.02 bits per heavy atom. The van der Waals surface area contributed by atoms with Gasteiger partial charge in [0.1, 0.15) is 11.5 Å². The van der Waals surface area contributed by atoms with E-state index in [1.807, 2.05) is 12.1 Å². The van der Waals surface area contributed by atoms with Gasteiger partial charge in [-0.05, 0) is 68.2 Å². The molecule has 0 aliphatic carbocycles. The molecule has 10 nitrogen and oxygen atoms in total. The molecular weight excluding hydrogens is 608 g/mol. The molecule has 2 rings (SSSR count). The van der Waals surface area contributed by atoms with Crippen LogP contribution in [0.5, 0.6) is 11.5 Å². The minimum absolute atomic E-state index is 0.118. The van der Waals surface area contributed by atoms with Crippen LogP contribution in [0.2, 0.25) is 0 Å². The average molecular weight is 667 g/mol. The molecular formula is C38H58N4O6. The number of hydrazine groups is 2. The van der Waals surface area contributed by atoms with Gasteiger partial charge in [0, 0.05) is 12.3 Å². The van der Waals surface area contributed by atoms with Crippen LogP contribution < -0.4 is 21.7 Å². The summed E-state index contributed by atoms with van der Waals surface area (Å²) in [6.07, 6.45) is 14.9. The summed E-state index contributed by atoms with van der Waals surface area (Å²) in [6, 6.07) is 10.0. The number of carbonyl (C=O) groups is 4. The van der Waals surface area contributed by atoms with Gasteiger partial charge in [0.25, 0.3) is 11.8 Å². The minimum Gasteiger partial charge on any atom is -0.507 e. The van der Waals surface area contributed by atoms with Crippen LogP contribution in [0.3, 0.4) is 0 Å². The van der Waals surface area contributed by atoms with Crippen molar-refractivity contribution in [2.75, 3.05) is 0 Å². The summed E-state index contributed by atoms with van der Waals surface area (Å²) in [5.41, 5.74) is 11.8. The van der Waals surface area contributed by atoms with Crippen LogP contribution >= 0.6 is 0 Å². The first-order chi connectivity index (χ1) is 23.2. The summed E-state index contributed by atoms with van der Waals surface area (Å²) >= 11 is 0. The van der Waals surface area contributed by atoms with Crippen molar-refractivity contribution in [1.82, 2.24) is 21.7 Å². The van der Waals surface area contributed by atoms with Gasteiger partial charge in [-0.2, -0.15) is 0 Å². The highest BCUT2D eigenvalue weighted by Crippen LogP contribution is 2.24. The number of hydrogen-bond acceptors (Lipinski definition) is 6. The van der Waals surface area contributed by atoms with Crippen molar-refractivity contribution in [3.8, 4) is 11.5 Å². The lowest BCUT2D eigenvalue weighted by Crippen LogP contribution is -2.45. The summed E-state index contributed by atoms with van der Waals surface area (Å²) < 4.78 is 0. The molecule has 0 aliphatic rings. The fourth-order valence-corrected chi connectivity index (χ4v) is 5.86. The monoisotopic (exact) mass is 666 g/mol. The topological polar surface area (TPSA) is 157 Å². The van der Waals surface area contributed by atoms with Gasteiger partial charge in [0.15, 0.2) is 0 Å². The van der Waals surface area contributed by atoms with Crippen molar-refractivity contribution >= 4 is 23.6 Å². The van der Waals surface area contributed by atoms with Gasteiger partial charge in [-0.3, -0.25) is 40.9 Å². The third-order valence-electron chi connectivity index (χ3n) is 8.66. The van der Waals surface area contributed by atoms with E-state index in [-0.39, 0.29) is 46.8 Å². The molecule has 1 atom stereocenters. The van der Waals surface area contributed by atoms with Gasteiger partial charge in [-0.25, -0.2) is 0 Å². The Balaban J connectivity index is 1.86. The molecule has 0 bridgehead atoms. The zero-order chi connectivity index (χ0) is 35.1. The Morgan fingerprint density at radius 1 is 0.562 bits per heavy atom. The van der Waals surface area contributed by atoms with Crippen LogP contribution in [-0.2, 0) is 22.4 Å². The molecule has 4 amide bonds. The second kappa shape index (κ2) is 23.3. The van der Waals surface area contributed by atoms with Gasteiger partial charge in [0.05, 0.1) is 11.1 Å². The lowest BCUT2D eigenvalue weighted by molar-refractivity contribution is -0.126. The third kappa shape index (κ3) is 14.4. The SMILES string of the molecule is CCCCCCc1cccc(O)c1C(=O)NNC(=O)CCCCC(CCCCC)C(=O)NNC(=O)c1c(O)cccc1CCCCCC. The largest absolute Gasteiger partial charge is 0.507 e. The molecule has 6 N–H and O–H groups in total. The van der Waals surface area contributed by atoms with Gasteiger partial charge < -0.3 is 10.2 Å². The molecule has 10 heteroatoms. The maximum absolute atomic E-state index is 13.1. The summed E-state index contributed by atoms with van der Waals surface area (Å²) in [5, 5.41) is 20.8. The minimum atomic E-state index is -0.561. The first kappa shape index (κ1) is 40.1. The Kier molecular flexibility index (Phi) is 19.4. The Labute approximate surface area is 286 Å². The number of phenolic OH excluding ortho intramolecular Hbond substituents is 2. The number of nitrogens with one attached hydrogen (secondary N) is 4. The van der Waals surface area contributed by atoms with E-state index < -0.39 is 11.8 Å². The van der Waals surface area contributed by atoms with Crippen LogP contribution in [0.15, 0.2) is 36.4 Å². The third-order valence-corrected chi connectivity index (χ3v) is 8.66. The summed E-state index contributed by atoms with van der Waals surface area (Å²) in [4.78, 5) is 51.5. The maximum Gasteiger partial charge on any atom is 0.273 e. The molecule has 0 heterocycles. The van der Waals surface area contributed by atoms with E-state index in [9.17, 15) is 29.4 Å². The van der Waals surface area contributed by atoms with E-state index in [1.165, 1.54) is 12.1 Å². The van der Waals surface area contributed by atoms with Crippen molar-refractivity contribution in [3.05, 3.63) is 58.7 Å². The summed E-state index contributed by atoms with van der Waals surface area (Å²) in [6.45, 7) is 6.35. The molecule has 0 aromatic heterocycles. The fourth-order valence-electron chi connectivity index (χ4n) is 5.86. The Bertz CT molecular complexity index is 1300. The van der Waals surface area contributed by atoms with Crippen LogP contribution in [0.25, 0.3) is 0 Å². The second-order valence-corrected chi connectivity index (χ2v) is 12.6. The molecule has 2 aromatic carbocycles. The molecule has 0 aliphatic heterocycles. The van der Waals surface area contributed by atoms with Crippen LogP contribution in [-0.4, -0.2) is 33.8 Å². The number of amides is 4. The zero-order valence-electron chi connectivity index (χ0n) is 29.3. The number of phenols is 2. The van der Waals surface area contributed by atoms with Crippen molar-refractivity contribution in [2.24, 2.45) is 5.92 Å². The molecule has 1 unspecified atom stereocenters. The summed E-state index contributed by atoms with van der Waals surface area (Å²) in [7, 11) is 0. The van der Waals surface area contributed by atoms with Gasteiger partial charge >= 0.3 is 0 Å². The fraction of sp³-hybridized carbons (Fsp3) is 0.579. The number of aryl methyl sites for hydroxylation is 2. The van der Waals surface area contributed by atoms with E-state index in [0.29, 0.717) is 38.5 Å². The standard InChI is InChI=1S/C38H58N4O6/c1-4-7-10-13-19-28-23-17-25-31(43)34(28)37(47)41-39-33(45)27-16-15-22-30(21-12-9-6-3)36(46)40-42-38(48)35-29(20-14-11-8-5-2)24-18-26-32(35)44/h17-18,23-26,30,43-44H,4-16,19-22,27H2,1-3H3,(H,39,45)(H,40,46)(H,41,47)(H,42,48). The maximum atomic E-state index is 13.1. The molecule has 0 spiro atoms. The van der Waals surface area contributed by atoms with E-state index >= 15 is 0 Å². The Morgan fingerprint density at radius 3 is 1.52 bits per heavy atom. The first-order valence-corrected chi connectivity index (χ1v) is 18.0. The lowest BCUT2D eigenvalue weighted by Gasteiger charge is -2.18. The molecule has 2 aromatic rings. The molecule has 0 saturated carbocycles. The highest BCUT2D eigenvalue weighted by Gasteiger charge is 2.22. The van der Waals surface area contributed by atoms with Crippen LogP contribution in [0, 0.1) is 5.92 Å².